The molecule has 8 heteroatoms. The van der Waals surface area contributed by atoms with Crippen LogP contribution in [0.25, 0.3) is 10.9 Å². The number of aliphatic hydroxyl groups excluding tert-OH is 1. The third-order valence-electron chi connectivity index (χ3n) is 8.07. The van der Waals surface area contributed by atoms with Crippen molar-refractivity contribution in [1.82, 2.24) is 14.4 Å². The highest BCUT2D eigenvalue weighted by Gasteiger charge is 2.33. The van der Waals surface area contributed by atoms with Crippen LogP contribution >= 0.6 is 0 Å². The molecule has 0 fully saturated rings. The van der Waals surface area contributed by atoms with Crippen molar-refractivity contribution in [3.8, 4) is 5.75 Å². The lowest BCUT2D eigenvalue weighted by molar-refractivity contribution is -0.115. The van der Waals surface area contributed by atoms with E-state index in [-0.39, 0.29) is 42.9 Å². The van der Waals surface area contributed by atoms with Crippen molar-refractivity contribution >= 4 is 28.4 Å². The number of ether oxygens (including phenoxy) is 1. The second-order valence-electron chi connectivity index (χ2n) is 11.5. The third-order valence-corrected chi connectivity index (χ3v) is 8.07. The second kappa shape index (κ2) is 12.8. The maximum Gasteiger partial charge on any atom is 0.258 e. The van der Waals surface area contributed by atoms with Gasteiger partial charge in [0, 0.05) is 55.4 Å². The molecule has 0 bridgehead atoms. The average molecular weight is 569 g/mol. The fourth-order valence-electron chi connectivity index (χ4n) is 5.73. The van der Waals surface area contributed by atoms with Gasteiger partial charge >= 0.3 is 0 Å². The summed E-state index contributed by atoms with van der Waals surface area (Å²) in [6, 6.07) is 23.2. The number of aromatic nitrogens is 1. The maximum atomic E-state index is 13.8. The van der Waals surface area contributed by atoms with Crippen LogP contribution in [0.3, 0.4) is 0 Å². The first-order chi connectivity index (χ1) is 20.2. The first-order valence-corrected chi connectivity index (χ1v) is 14.5. The number of fused-ring (bicyclic) bond motifs is 2. The number of carbonyl (C=O) groups excluding carboxylic acids is 2. The van der Waals surface area contributed by atoms with Crippen LogP contribution in [-0.2, 0) is 24.8 Å². The Morgan fingerprint density at radius 3 is 2.62 bits per heavy atom. The van der Waals surface area contributed by atoms with E-state index >= 15 is 0 Å². The summed E-state index contributed by atoms with van der Waals surface area (Å²) >= 11 is 0. The van der Waals surface area contributed by atoms with Gasteiger partial charge in [-0.25, -0.2) is 0 Å². The topological polar surface area (TPSA) is 87.0 Å². The average Bonchev–Trinajstić information content (AvgIpc) is 3.29. The van der Waals surface area contributed by atoms with Crippen LogP contribution in [0.4, 0.5) is 5.69 Å². The molecule has 2 heterocycles. The van der Waals surface area contributed by atoms with E-state index in [0.717, 1.165) is 23.0 Å². The molecule has 1 aromatic heterocycles. The first kappa shape index (κ1) is 29.4. The fourth-order valence-corrected chi connectivity index (χ4v) is 5.73. The van der Waals surface area contributed by atoms with Crippen molar-refractivity contribution in [2.75, 3.05) is 32.1 Å². The van der Waals surface area contributed by atoms with E-state index < -0.39 is 0 Å². The van der Waals surface area contributed by atoms with Gasteiger partial charge in [-0.1, -0.05) is 55.5 Å². The summed E-state index contributed by atoms with van der Waals surface area (Å²) < 4.78 is 8.55. The number of hydrogen-bond acceptors (Lipinski definition) is 5. The molecule has 0 aliphatic carbocycles. The molecular formula is C34H40N4O4. The first-order valence-electron chi connectivity index (χ1n) is 14.5. The molecule has 0 radical (unpaired) electrons. The molecule has 0 saturated carbocycles. The number of aryl methyl sites for hydroxylation is 1. The van der Waals surface area contributed by atoms with Crippen LogP contribution in [0.2, 0.25) is 0 Å². The summed E-state index contributed by atoms with van der Waals surface area (Å²) in [5.74, 6) is 0.112. The molecule has 42 heavy (non-hydrogen) atoms. The van der Waals surface area contributed by atoms with Gasteiger partial charge in [0.15, 0.2) is 0 Å². The standard InChI is InChI=1S/C34H40N4O4/c1-23-18-38(24(2)22-39)34(41)29-17-27(35-33(40)16-26-20-37(4)30-13-9-8-12-28(26)30)14-15-31(29)42-32(23)21-36(3)19-25-10-6-5-7-11-25/h5-15,17,20,23-24,32,39H,16,18-19,21-22H2,1-4H3,(H,35,40)/t23-,24-,32+/m1/s1. The number of carbonyl (C=O) groups is 2. The molecule has 8 nitrogen and oxygen atoms in total. The zero-order valence-electron chi connectivity index (χ0n) is 24.8. The molecule has 220 valence electrons. The minimum Gasteiger partial charge on any atom is -0.488 e. The molecule has 0 saturated heterocycles. The molecule has 1 aliphatic rings. The SMILES string of the molecule is C[C@@H]1CN([C@H](C)CO)C(=O)c2cc(NC(=O)Cc3cn(C)c4ccccc34)ccc2O[C@H]1CN(C)Cc1ccccc1. The predicted octanol–water partition coefficient (Wildman–Crippen LogP) is 4.71. The quantitative estimate of drug-likeness (QED) is 0.305. The van der Waals surface area contributed by atoms with Crippen LogP contribution in [-0.4, -0.2) is 70.2 Å². The predicted molar refractivity (Wildman–Crippen MR) is 166 cm³/mol. The Labute approximate surface area is 247 Å². The van der Waals surface area contributed by atoms with E-state index in [4.69, 9.17) is 4.74 Å². The normalized spacial score (nSPS) is 17.9. The smallest absolute Gasteiger partial charge is 0.258 e. The molecule has 3 atom stereocenters. The number of nitrogens with one attached hydrogen (secondary N) is 1. The van der Waals surface area contributed by atoms with E-state index in [1.54, 1.807) is 23.1 Å². The third kappa shape index (κ3) is 6.50. The largest absolute Gasteiger partial charge is 0.488 e. The minimum atomic E-state index is -0.363. The van der Waals surface area contributed by atoms with Crippen molar-refractivity contribution in [1.29, 1.82) is 0 Å². The van der Waals surface area contributed by atoms with Crippen LogP contribution < -0.4 is 10.1 Å². The van der Waals surface area contributed by atoms with E-state index in [2.05, 4.69) is 36.3 Å². The van der Waals surface area contributed by atoms with Gasteiger partial charge in [-0.2, -0.15) is 0 Å². The Kier molecular flexibility index (Phi) is 8.94. The Bertz CT molecular complexity index is 1550. The number of likely N-dealkylation sites (N-methyl/N-ethyl adjacent to an activating group) is 1. The summed E-state index contributed by atoms with van der Waals surface area (Å²) in [7, 11) is 4.04. The summed E-state index contributed by atoms with van der Waals surface area (Å²) in [5.41, 5.74) is 4.13. The molecule has 5 rings (SSSR count). The Morgan fingerprint density at radius 1 is 1.12 bits per heavy atom. The lowest BCUT2D eigenvalue weighted by Gasteiger charge is -2.38. The highest BCUT2D eigenvalue weighted by Crippen LogP contribution is 2.31. The molecule has 2 N–H and O–H groups in total. The Morgan fingerprint density at radius 2 is 1.86 bits per heavy atom. The van der Waals surface area contributed by atoms with Crippen molar-refractivity contribution in [2.24, 2.45) is 13.0 Å². The molecular weight excluding hydrogens is 528 g/mol. The number of hydrogen-bond donors (Lipinski definition) is 2. The van der Waals surface area contributed by atoms with Crippen molar-refractivity contribution in [3.63, 3.8) is 0 Å². The van der Waals surface area contributed by atoms with E-state index in [9.17, 15) is 14.7 Å². The second-order valence-corrected chi connectivity index (χ2v) is 11.5. The lowest BCUT2D eigenvalue weighted by atomic mass is 9.99. The van der Waals surface area contributed by atoms with Gasteiger partial charge in [0.05, 0.1) is 24.6 Å². The number of nitrogens with zero attached hydrogens (tertiary/aromatic N) is 3. The zero-order valence-corrected chi connectivity index (χ0v) is 24.8. The van der Waals surface area contributed by atoms with Crippen LogP contribution in [0, 0.1) is 5.92 Å². The van der Waals surface area contributed by atoms with Crippen LogP contribution in [0.15, 0.2) is 79.0 Å². The Hall–Kier alpha value is -4.14. The van der Waals surface area contributed by atoms with Crippen LogP contribution in [0.1, 0.15) is 35.3 Å². The molecule has 1 aliphatic heterocycles. The van der Waals surface area contributed by atoms with Gasteiger partial charge in [0.25, 0.3) is 5.91 Å². The number of anilines is 1. The number of benzene rings is 3. The number of aliphatic hydroxyl groups is 1. The minimum absolute atomic E-state index is 0.0226. The molecule has 0 unspecified atom stereocenters. The van der Waals surface area contributed by atoms with Gasteiger partial charge < -0.3 is 24.6 Å². The van der Waals surface area contributed by atoms with Gasteiger partial charge in [-0.3, -0.25) is 14.5 Å². The van der Waals surface area contributed by atoms with E-state index in [0.29, 0.717) is 30.1 Å². The van der Waals surface area contributed by atoms with Gasteiger partial charge in [-0.05, 0) is 49.4 Å². The molecule has 2 amide bonds. The lowest BCUT2D eigenvalue weighted by Crippen LogP contribution is -2.49. The zero-order chi connectivity index (χ0) is 29.8. The molecule has 3 aromatic carbocycles. The fraction of sp³-hybridized carbons (Fsp3) is 0.353. The van der Waals surface area contributed by atoms with Crippen LogP contribution in [0.5, 0.6) is 5.75 Å². The summed E-state index contributed by atoms with van der Waals surface area (Å²) in [5, 5.41) is 14.0. The highest BCUT2D eigenvalue weighted by molar-refractivity contribution is 6.00. The summed E-state index contributed by atoms with van der Waals surface area (Å²) in [6.45, 7) is 5.67. The number of amides is 2. The monoisotopic (exact) mass is 568 g/mol. The highest BCUT2D eigenvalue weighted by atomic mass is 16.5. The van der Waals surface area contributed by atoms with Crippen molar-refractivity contribution in [2.45, 2.75) is 39.0 Å². The van der Waals surface area contributed by atoms with E-state index in [1.165, 1.54) is 5.56 Å². The van der Waals surface area contributed by atoms with Gasteiger partial charge in [0.1, 0.15) is 11.9 Å². The Balaban J connectivity index is 1.37. The van der Waals surface area contributed by atoms with Crippen molar-refractivity contribution in [3.05, 3.63) is 95.7 Å². The number of para-hydroxylation sites is 1. The summed E-state index contributed by atoms with van der Waals surface area (Å²) in [4.78, 5) is 30.8. The maximum absolute atomic E-state index is 13.8. The van der Waals surface area contributed by atoms with E-state index in [1.807, 2.05) is 67.2 Å². The molecule has 4 aromatic rings. The molecule has 0 spiro atoms. The van der Waals surface area contributed by atoms with Gasteiger partial charge in [-0.15, -0.1) is 0 Å². The van der Waals surface area contributed by atoms with Gasteiger partial charge in [0.2, 0.25) is 5.91 Å². The summed E-state index contributed by atoms with van der Waals surface area (Å²) in [6.07, 6.45) is 2.00. The van der Waals surface area contributed by atoms with Crippen molar-refractivity contribution < 1.29 is 19.4 Å². The number of rotatable bonds is 9.